The van der Waals surface area contributed by atoms with Gasteiger partial charge < -0.3 is 11.5 Å². The molecule has 3 aromatic rings. The first-order valence-electron chi connectivity index (χ1n) is 7.54. The molecule has 0 amide bonds. The van der Waals surface area contributed by atoms with Gasteiger partial charge in [0.15, 0.2) is 0 Å². The van der Waals surface area contributed by atoms with Crippen molar-refractivity contribution >= 4 is 36.5 Å². The van der Waals surface area contributed by atoms with Crippen LogP contribution in [-0.2, 0) is 0 Å². The van der Waals surface area contributed by atoms with E-state index in [2.05, 4.69) is 18.2 Å². The summed E-state index contributed by atoms with van der Waals surface area (Å²) in [6.07, 6.45) is 0. The molecule has 0 saturated heterocycles. The van der Waals surface area contributed by atoms with Gasteiger partial charge in [-0.05, 0) is 28.3 Å². The van der Waals surface area contributed by atoms with E-state index in [0.29, 0.717) is 0 Å². The first-order chi connectivity index (χ1) is 11.5. The Kier molecular flexibility index (Phi) is 7.38. The van der Waals surface area contributed by atoms with Crippen molar-refractivity contribution in [2.75, 3.05) is 0 Å². The van der Waals surface area contributed by atoms with Gasteiger partial charge >= 0.3 is 0 Å². The number of benzene rings is 3. The molecule has 0 aromatic heterocycles. The standard InChI is InChI=1S/C20H18N4.2ClH/c21-19(22)15-8-4-13(5-9-15)17-2-1-3-18(12-17)14-6-10-16(11-7-14)20(23)24;;/h1-12H,(H3,21,22)(H3,23,24);2*1H. The highest BCUT2D eigenvalue weighted by Gasteiger charge is 2.04. The van der Waals surface area contributed by atoms with Gasteiger partial charge in [-0.1, -0.05) is 66.7 Å². The Bertz CT molecular complexity index is 831. The quantitative estimate of drug-likeness (QED) is 0.393. The summed E-state index contributed by atoms with van der Waals surface area (Å²) in [6, 6.07) is 23.5. The molecule has 3 rings (SSSR count). The third kappa shape index (κ3) is 4.63. The molecule has 26 heavy (non-hydrogen) atoms. The SMILES string of the molecule is Cl.Cl.N=C(N)c1ccc(-c2cccc(-c3ccc(C(=N)N)cc3)c2)cc1. The second-order valence-electron chi connectivity index (χ2n) is 5.56. The van der Waals surface area contributed by atoms with E-state index in [1.54, 1.807) is 0 Å². The first kappa shape index (κ1) is 21.2. The molecule has 134 valence electrons. The molecule has 0 radical (unpaired) electrons. The van der Waals surface area contributed by atoms with Crippen molar-refractivity contribution in [2.45, 2.75) is 0 Å². The molecule has 0 unspecified atom stereocenters. The summed E-state index contributed by atoms with van der Waals surface area (Å²) in [7, 11) is 0. The van der Waals surface area contributed by atoms with E-state index in [4.69, 9.17) is 22.3 Å². The molecule has 0 heterocycles. The normalized spacial score (nSPS) is 9.54. The minimum atomic E-state index is 0. The number of nitrogens with two attached hydrogens (primary N) is 2. The first-order valence-corrected chi connectivity index (χ1v) is 7.54. The molecule has 6 heteroatoms. The van der Waals surface area contributed by atoms with E-state index in [1.165, 1.54) is 0 Å². The summed E-state index contributed by atoms with van der Waals surface area (Å²) in [5, 5.41) is 14.9. The lowest BCUT2D eigenvalue weighted by molar-refractivity contribution is 1.42. The van der Waals surface area contributed by atoms with Crippen LogP contribution in [-0.4, -0.2) is 11.7 Å². The Morgan fingerprint density at radius 3 is 1.19 bits per heavy atom. The highest BCUT2D eigenvalue weighted by molar-refractivity contribution is 5.96. The summed E-state index contributed by atoms with van der Waals surface area (Å²) >= 11 is 0. The van der Waals surface area contributed by atoms with Crippen molar-refractivity contribution < 1.29 is 0 Å². The van der Waals surface area contributed by atoms with Gasteiger partial charge in [-0.2, -0.15) is 0 Å². The van der Waals surface area contributed by atoms with Crippen LogP contribution in [0.4, 0.5) is 0 Å². The van der Waals surface area contributed by atoms with E-state index in [9.17, 15) is 0 Å². The van der Waals surface area contributed by atoms with Crippen molar-refractivity contribution in [1.29, 1.82) is 10.8 Å². The monoisotopic (exact) mass is 386 g/mol. The third-order valence-corrected chi connectivity index (χ3v) is 3.92. The van der Waals surface area contributed by atoms with Crippen LogP contribution in [0.1, 0.15) is 11.1 Å². The van der Waals surface area contributed by atoms with Crippen molar-refractivity contribution in [3.8, 4) is 22.3 Å². The predicted molar refractivity (Wildman–Crippen MR) is 114 cm³/mol. The largest absolute Gasteiger partial charge is 0.384 e. The van der Waals surface area contributed by atoms with Crippen LogP contribution in [0, 0.1) is 10.8 Å². The lowest BCUT2D eigenvalue weighted by atomic mass is 9.97. The second-order valence-corrected chi connectivity index (χ2v) is 5.56. The highest BCUT2D eigenvalue weighted by Crippen LogP contribution is 2.26. The predicted octanol–water partition coefficient (Wildman–Crippen LogP) is 4.43. The molecule has 6 N–H and O–H groups in total. The number of nitrogens with one attached hydrogen (secondary N) is 2. The fourth-order valence-corrected chi connectivity index (χ4v) is 2.56. The fraction of sp³-hybridized carbons (Fsp3) is 0. The Morgan fingerprint density at radius 1 is 0.538 bits per heavy atom. The maximum absolute atomic E-state index is 7.46. The topological polar surface area (TPSA) is 99.7 Å². The molecule has 0 aliphatic carbocycles. The van der Waals surface area contributed by atoms with Crippen LogP contribution in [0.2, 0.25) is 0 Å². The van der Waals surface area contributed by atoms with Crippen LogP contribution < -0.4 is 11.5 Å². The summed E-state index contributed by atoms with van der Waals surface area (Å²) in [6.45, 7) is 0. The zero-order chi connectivity index (χ0) is 17.1. The van der Waals surface area contributed by atoms with Gasteiger partial charge in [0.25, 0.3) is 0 Å². The van der Waals surface area contributed by atoms with Crippen LogP contribution in [0.25, 0.3) is 22.3 Å². The number of nitrogen functional groups attached to an aromatic ring is 2. The zero-order valence-electron chi connectivity index (χ0n) is 13.9. The summed E-state index contributed by atoms with van der Waals surface area (Å²) in [4.78, 5) is 0. The lowest BCUT2D eigenvalue weighted by Crippen LogP contribution is -2.10. The van der Waals surface area contributed by atoms with Crippen molar-refractivity contribution in [2.24, 2.45) is 11.5 Å². The Hall–Kier alpha value is -2.82. The molecule has 0 aliphatic heterocycles. The van der Waals surface area contributed by atoms with E-state index in [0.717, 1.165) is 33.4 Å². The number of halogens is 2. The molecule has 3 aromatic carbocycles. The van der Waals surface area contributed by atoms with Crippen LogP contribution in [0.5, 0.6) is 0 Å². The Morgan fingerprint density at radius 2 is 0.885 bits per heavy atom. The maximum Gasteiger partial charge on any atom is 0.122 e. The molecule has 0 aliphatic rings. The summed E-state index contributed by atoms with van der Waals surface area (Å²) in [5.41, 5.74) is 16.8. The maximum atomic E-state index is 7.46. The van der Waals surface area contributed by atoms with E-state index in [1.807, 2.05) is 54.6 Å². The number of rotatable bonds is 4. The van der Waals surface area contributed by atoms with Crippen LogP contribution >= 0.6 is 24.8 Å². The Balaban J connectivity index is 0.00000169. The molecule has 0 atom stereocenters. The zero-order valence-corrected chi connectivity index (χ0v) is 15.5. The van der Waals surface area contributed by atoms with Gasteiger partial charge in [0.05, 0.1) is 0 Å². The molecular formula is C20H20Cl2N4. The molecule has 0 bridgehead atoms. The van der Waals surface area contributed by atoms with Crippen molar-refractivity contribution in [1.82, 2.24) is 0 Å². The smallest absolute Gasteiger partial charge is 0.122 e. The molecular weight excluding hydrogens is 367 g/mol. The number of hydrogen-bond acceptors (Lipinski definition) is 2. The van der Waals surface area contributed by atoms with Crippen LogP contribution in [0.15, 0.2) is 72.8 Å². The summed E-state index contributed by atoms with van der Waals surface area (Å²) in [5.74, 6) is 0.140. The average molecular weight is 387 g/mol. The van der Waals surface area contributed by atoms with Gasteiger partial charge in [-0.25, -0.2) is 0 Å². The average Bonchev–Trinajstić information content (AvgIpc) is 2.62. The summed E-state index contributed by atoms with van der Waals surface area (Å²) < 4.78 is 0. The number of amidine groups is 2. The molecule has 0 fully saturated rings. The van der Waals surface area contributed by atoms with Gasteiger partial charge in [0.2, 0.25) is 0 Å². The minimum Gasteiger partial charge on any atom is -0.384 e. The molecule has 0 spiro atoms. The van der Waals surface area contributed by atoms with Crippen molar-refractivity contribution in [3.05, 3.63) is 83.9 Å². The Labute approximate surface area is 165 Å². The third-order valence-electron chi connectivity index (χ3n) is 3.92. The fourth-order valence-electron chi connectivity index (χ4n) is 2.56. The number of hydrogen-bond donors (Lipinski definition) is 4. The van der Waals surface area contributed by atoms with Gasteiger partial charge in [0.1, 0.15) is 11.7 Å². The molecule has 0 saturated carbocycles. The van der Waals surface area contributed by atoms with E-state index >= 15 is 0 Å². The van der Waals surface area contributed by atoms with Gasteiger partial charge in [-0.3, -0.25) is 10.8 Å². The lowest BCUT2D eigenvalue weighted by Gasteiger charge is -2.08. The van der Waals surface area contributed by atoms with E-state index in [-0.39, 0.29) is 36.5 Å². The second kappa shape index (κ2) is 9.04. The van der Waals surface area contributed by atoms with Gasteiger partial charge in [-0.15, -0.1) is 24.8 Å². The van der Waals surface area contributed by atoms with Gasteiger partial charge in [0, 0.05) is 11.1 Å². The minimum absolute atomic E-state index is 0. The van der Waals surface area contributed by atoms with Crippen molar-refractivity contribution in [3.63, 3.8) is 0 Å². The highest BCUT2D eigenvalue weighted by atomic mass is 35.5. The van der Waals surface area contributed by atoms with E-state index < -0.39 is 0 Å². The van der Waals surface area contributed by atoms with Crippen LogP contribution in [0.3, 0.4) is 0 Å². The molecule has 4 nitrogen and oxygen atoms in total.